The van der Waals surface area contributed by atoms with Crippen molar-refractivity contribution in [3.8, 4) is 11.1 Å². The van der Waals surface area contributed by atoms with Gasteiger partial charge in [-0.15, -0.1) is 11.3 Å². The van der Waals surface area contributed by atoms with Crippen LogP contribution in [0.4, 0.5) is 5.00 Å². The highest BCUT2D eigenvalue weighted by molar-refractivity contribution is 7.16. The molecule has 0 unspecified atom stereocenters. The largest absolute Gasteiger partial charge is 0.313 e. The molecule has 154 valence electrons. The van der Waals surface area contributed by atoms with Crippen molar-refractivity contribution in [3.05, 3.63) is 112 Å². The number of hydrogen-bond acceptors (Lipinski definition) is 3. The fourth-order valence-electron chi connectivity index (χ4n) is 3.29. The van der Waals surface area contributed by atoms with Crippen LogP contribution in [0.15, 0.2) is 84.9 Å². The molecule has 0 radical (unpaired) electrons. The molecule has 3 aromatic carbocycles. The van der Waals surface area contributed by atoms with Gasteiger partial charge >= 0.3 is 0 Å². The van der Waals surface area contributed by atoms with Gasteiger partial charge < -0.3 is 5.32 Å². The molecular formula is C26H20ClNO2S. The number of anilines is 1. The van der Waals surface area contributed by atoms with Gasteiger partial charge in [-0.2, -0.15) is 0 Å². The average Bonchev–Trinajstić information content (AvgIpc) is 3.22. The third-order valence-electron chi connectivity index (χ3n) is 4.98. The lowest BCUT2D eigenvalue weighted by Crippen LogP contribution is -2.13. The molecule has 4 aromatic rings. The van der Waals surface area contributed by atoms with Gasteiger partial charge in [0.05, 0.1) is 10.6 Å². The van der Waals surface area contributed by atoms with Gasteiger partial charge in [0.25, 0.3) is 5.91 Å². The smallest absolute Gasteiger partial charge is 0.256 e. The molecule has 3 nitrogen and oxygen atoms in total. The second kappa shape index (κ2) is 9.29. The van der Waals surface area contributed by atoms with E-state index in [1.807, 2.05) is 55.5 Å². The zero-order chi connectivity index (χ0) is 21.8. The normalized spacial score (nSPS) is 10.6. The van der Waals surface area contributed by atoms with Gasteiger partial charge in [0.1, 0.15) is 5.00 Å². The lowest BCUT2D eigenvalue weighted by atomic mass is 10.0. The Morgan fingerprint density at radius 1 is 0.839 bits per heavy atom. The van der Waals surface area contributed by atoms with Gasteiger partial charge in [-0.3, -0.25) is 9.59 Å². The Labute approximate surface area is 190 Å². The van der Waals surface area contributed by atoms with Gasteiger partial charge in [0, 0.05) is 16.0 Å². The fourth-order valence-corrected chi connectivity index (χ4v) is 4.50. The van der Waals surface area contributed by atoms with Crippen molar-refractivity contribution >= 4 is 39.6 Å². The Morgan fingerprint density at radius 2 is 1.48 bits per heavy atom. The number of carbonyl (C=O) groups excluding carboxylic acids is 2. The summed E-state index contributed by atoms with van der Waals surface area (Å²) in [5.41, 5.74) is 3.54. The minimum absolute atomic E-state index is 0.198. The second-order valence-corrected chi connectivity index (χ2v) is 8.56. The van der Waals surface area contributed by atoms with E-state index < -0.39 is 0 Å². The topological polar surface area (TPSA) is 46.2 Å². The summed E-state index contributed by atoms with van der Waals surface area (Å²) in [5, 5.41) is 3.86. The van der Waals surface area contributed by atoms with Crippen molar-refractivity contribution in [1.82, 2.24) is 0 Å². The zero-order valence-electron chi connectivity index (χ0n) is 16.9. The predicted molar refractivity (Wildman–Crippen MR) is 128 cm³/mol. The van der Waals surface area contributed by atoms with E-state index >= 15 is 0 Å². The molecule has 0 aliphatic rings. The lowest BCUT2D eigenvalue weighted by molar-refractivity contribution is 0.102. The van der Waals surface area contributed by atoms with Crippen molar-refractivity contribution < 1.29 is 9.59 Å². The van der Waals surface area contributed by atoms with Crippen molar-refractivity contribution in [2.75, 3.05) is 5.32 Å². The molecule has 1 heterocycles. The molecule has 5 heteroatoms. The fraction of sp³-hybridized carbons (Fsp3) is 0.0769. The Balaban J connectivity index is 1.59. The number of benzene rings is 3. The molecule has 0 saturated heterocycles. The van der Waals surface area contributed by atoms with Gasteiger partial charge in [0.15, 0.2) is 5.78 Å². The Bertz CT molecular complexity index is 1230. The van der Waals surface area contributed by atoms with Crippen LogP contribution in [0.1, 0.15) is 38.1 Å². The third-order valence-corrected chi connectivity index (χ3v) is 6.50. The first-order valence-electron chi connectivity index (χ1n) is 9.95. The van der Waals surface area contributed by atoms with E-state index in [9.17, 15) is 9.59 Å². The molecule has 1 aromatic heterocycles. The van der Waals surface area contributed by atoms with E-state index in [0.29, 0.717) is 26.7 Å². The van der Waals surface area contributed by atoms with Crippen LogP contribution in [0.5, 0.6) is 0 Å². The molecule has 4 rings (SSSR count). The average molecular weight is 446 g/mol. The second-order valence-electron chi connectivity index (χ2n) is 7.02. The van der Waals surface area contributed by atoms with Crippen LogP contribution in [0.2, 0.25) is 5.02 Å². The summed E-state index contributed by atoms with van der Waals surface area (Å²) in [6.45, 7) is 2.02. The van der Waals surface area contributed by atoms with Crippen molar-refractivity contribution in [1.29, 1.82) is 0 Å². The van der Waals surface area contributed by atoms with Crippen LogP contribution in [0.25, 0.3) is 11.1 Å². The van der Waals surface area contributed by atoms with Gasteiger partial charge in [0.2, 0.25) is 0 Å². The molecule has 31 heavy (non-hydrogen) atoms. The number of thiophene rings is 1. The maximum Gasteiger partial charge on any atom is 0.256 e. The summed E-state index contributed by atoms with van der Waals surface area (Å²) in [4.78, 5) is 27.0. The summed E-state index contributed by atoms with van der Waals surface area (Å²) < 4.78 is 0. The van der Waals surface area contributed by atoms with Crippen LogP contribution in [-0.4, -0.2) is 11.7 Å². The first kappa shape index (κ1) is 21.0. The summed E-state index contributed by atoms with van der Waals surface area (Å²) in [6.07, 6.45) is 0.773. The van der Waals surface area contributed by atoms with Gasteiger partial charge in [-0.1, -0.05) is 73.1 Å². The van der Waals surface area contributed by atoms with Crippen LogP contribution in [-0.2, 0) is 6.42 Å². The summed E-state index contributed by atoms with van der Waals surface area (Å²) >= 11 is 7.64. The van der Waals surface area contributed by atoms with E-state index in [-0.39, 0.29) is 11.7 Å². The zero-order valence-corrected chi connectivity index (χ0v) is 18.5. The Morgan fingerprint density at radius 3 is 2.16 bits per heavy atom. The summed E-state index contributed by atoms with van der Waals surface area (Å²) in [5.74, 6) is -0.450. The van der Waals surface area contributed by atoms with Crippen LogP contribution < -0.4 is 5.32 Å². The SMILES string of the molecule is CCc1cc(C(=O)c2ccccc2Cl)c(NC(=O)c2ccc(-c3ccccc3)cc2)s1. The number of halogens is 1. The quantitative estimate of drug-likeness (QED) is 0.321. The first-order chi connectivity index (χ1) is 15.1. The Kier molecular flexibility index (Phi) is 6.31. The van der Waals surface area contributed by atoms with Crippen LogP contribution in [0, 0.1) is 0 Å². The molecule has 0 aliphatic carbocycles. The maximum atomic E-state index is 13.1. The van der Waals surface area contributed by atoms with Crippen LogP contribution >= 0.6 is 22.9 Å². The number of amides is 1. The molecular weight excluding hydrogens is 426 g/mol. The van der Waals surface area contributed by atoms with Crippen LogP contribution in [0.3, 0.4) is 0 Å². The molecule has 0 aliphatic heterocycles. The molecule has 0 bridgehead atoms. The highest BCUT2D eigenvalue weighted by Gasteiger charge is 2.21. The minimum Gasteiger partial charge on any atom is -0.313 e. The number of hydrogen-bond donors (Lipinski definition) is 1. The van der Waals surface area contributed by atoms with E-state index in [0.717, 1.165) is 22.4 Å². The third kappa shape index (κ3) is 4.61. The van der Waals surface area contributed by atoms with E-state index in [4.69, 9.17) is 11.6 Å². The van der Waals surface area contributed by atoms with Crippen molar-refractivity contribution in [2.45, 2.75) is 13.3 Å². The van der Waals surface area contributed by atoms with Gasteiger partial charge in [-0.05, 0) is 47.9 Å². The number of carbonyl (C=O) groups is 2. The number of rotatable bonds is 6. The van der Waals surface area contributed by atoms with Crippen molar-refractivity contribution in [3.63, 3.8) is 0 Å². The molecule has 0 atom stereocenters. The molecule has 0 spiro atoms. The minimum atomic E-state index is -0.252. The number of nitrogens with one attached hydrogen (secondary N) is 1. The van der Waals surface area contributed by atoms with E-state index in [1.165, 1.54) is 11.3 Å². The van der Waals surface area contributed by atoms with E-state index in [1.54, 1.807) is 36.4 Å². The summed E-state index contributed by atoms with van der Waals surface area (Å²) in [7, 11) is 0. The number of aryl methyl sites for hydroxylation is 1. The maximum absolute atomic E-state index is 13.1. The Hall–Kier alpha value is -3.21. The first-order valence-corrected chi connectivity index (χ1v) is 11.1. The van der Waals surface area contributed by atoms with E-state index in [2.05, 4.69) is 5.32 Å². The highest BCUT2D eigenvalue weighted by Crippen LogP contribution is 2.32. The van der Waals surface area contributed by atoms with Crippen molar-refractivity contribution in [2.24, 2.45) is 0 Å². The molecule has 1 amide bonds. The summed E-state index contributed by atoms with van der Waals surface area (Å²) in [6, 6.07) is 26.2. The highest BCUT2D eigenvalue weighted by atomic mass is 35.5. The standard InChI is InChI=1S/C26H20ClNO2S/c1-2-20-16-22(24(29)21-10-6-7-11-23(21)27)26(31-20)28-25(30)19-14-12-18(13-15-19)17-8-4-3-5-9-17/h3-16H,2H2,1H3,(H,28,30). The molecule has 0 fully saturated rings. The number of ketones is 1. The molecule has 1 N–H and O–H groups in total. The molecule has 0 saturated carbocycles. The predicted octanol–water partition coefficient (Wildman–Crippen LogP) is 7.11. The monoisotopic (exact) mass is 445 g/mol. The lowest BCUT2D eigenvalue weighted by Gasteiger charge is -2.08. The van der Waals surface area contributed by atoms with Gasteiger partial charge in [-0.25, -0.2) is 0 Å².